The van der Waals surface area contributed by atoms with Crippen LogP contribution in [0.3, 0.4) is 0 Å². The third-order valence-electron chi connectivity index (χ3n) is 2.49. The maximum Gasteiger partial charge on any atom is 0.339 e. The Balaban J connectivity index is 2.72. The molecule has 1 aromatic heterocycles. The highest BCUT2D eigenvalue weighted by atomic mass is 19.1. The Bertz CT molecular complexity index is 611. The van der Waals surface area contributed by atoms with Gasteiger partial charge in [0.2, 0.25) is 0 Å². The summed E-state index contributed by atoms with van der Waals surface area (Å²) >= 11 is 0. The van der Waals surface area contributed by atoms with Crippen LogP contribution in [0.1, 0.15) is 24.2 Å². The van der Waals surface area contributed by atoms with E-state index in [0.717, 1.165) is 0 Å². The van der Waals surface area contributed by atoms with Crippen LogP contribution in [-0.4, -0.2) is 22.1 Å². The molecular weight excluding hydrogens is 235 g/mol. The third kappa shape index (κ3) is 2.25. The number of aromatic nitrogens is 1. The summed E-state index contributed by atoms with van der Waals surface area (Å²) in [6.07, 6.45) is 1.24. The number of carboxylic acid groups (broad SMARTS) is 1. The molecule has 2 aromatic rings. The highest BCUT2D eigenvalue weighted by Crippen LogP contribution is 2.27. The van der Waals surface area contributed by atoms with Crippen molar-refractivity contribution in [2.24, 2.45) is 0 Å². The zero-order valence-electron chi connectivity index (χ0n) is 10.1. The molecule has 0 spiro atoms. The highest BCUT2D eigenvalue weighted by molar-refractivity contribution is 6.04. The first-order valence-electron chi connectivity index (χ1n) is 5.57. The number of nitrogens with zero attached hydrogens (tertiary/aromatic N) is 1. The lowest BCUT2D eigenvalue weighted by Gasteiger charge is -2.15. The zero-order chi connectivity index (χ0) is 13.3. The molecule has 0 saturated heterocycles. The first kappa shape index (κ1) is 12.3. The number of hydrogen-bond acceptors (Lipinski definition) is 3. The fourth-order valence-electron chi connectivity index (χ4n) is 1.77. The summed E-state index contributed by atoms with van der Waals surface area (Å²) < 4.78 is 13.1. The Morgan fingerprint density at radius 2 is 2.17 bits per heavy atom. The van der Waals surface area contributed by atoms with Gasteiger partial charge in [-0.2, -0.15) is 0 Å². The monoisotopic (exact) mass is 248 g/mol. The Labute approximate surface area is 103 Å². The summed E-state index contributed by atoms with van der Waals surface area (Å²) in [7, 11) is 0. The summed E-state index contributed by atoms with van der Waals surface area (Å²) in [5, 5.41) is 12.8. The van der Waals surface area contributed by atoms with Gasteiger partial charge in [0.05, 0.1) is 11.2 Å². The van der Waals surface area contributed by atoms with Gasteiger partial charge in [0.25, 0.3) is 0 Å². The van der Waals surface area contributed by atoms with Gasteiger partial charge in [0.15, 0.2) is 0 Å². The normalized spacial score (nSPS) is 10.9. The van der Waals surface area contributed by atoms with Crippen LogP contribution in [0.2, 0.25) is 0 Å². The number of hydrogen-bond donors (Lipinski definition) is 2. The van der Waals surface area contributed by atoms with Crippen molar-refractivity contribution < 1.29 is 14.3 Å². The third-order valence-corrected chi connectivity index (χ3v) is 2.49. The maximum atomic E-state index is 13.1. The molecule has 0 bridgehead atoms. The predicted molar refractivity (Wildman–Crippen MR) is 67.4 cm³/mol. The van der Waals surface area contributed by atoms with Crippen molar-refractivity contribution in [3.63, 3.8) is 0 Å². The Morgan fingerprint density at radius 3 is 2.78 bits per heavy atom. The molecule has 1 aromatic carbocycles. The van der Waals surface area contributed by atoms with E-state index in [0.29, 0.717) is 16.6 Å². The van der Waals surface area contributed by atoms with Crippen molar-refractivity contribution >= 4 is 22.6 Å². The van der Waals surface area contributed by atoms with Crippen molar-refractivity contribution in [2.45, 2.75) is 19.9 Å². The van der Waals surface area contributed by atoms with E-state index in [1.54, 1.807) is 0 Å². The summed E-state index contributed by atoms with van der Waals surface area (Å²) in [5.41, 5.74) is 0.994. The molecule has 0 atom stereocenters. The van der Waals surface area contributed by atoms with Gasteiger partial charge in [-0.3, -0.25) is 4.98 Å². The van der Waals surface area contributed by atoms with Crippen molar-refractivity contribution in [3.8, 4) is 0 Å². The molecule has 2 N–H and O–H groups in total. The molecule has 0 fully saturated rings. The molecule has 2 rings (SSSR count). The number of anilines is 1. The number of halogens is 1. The second-order valence-corrected chi connectivity index (χ2v) is 4.31. The minimum atomic E-state index is -1.06. The molecule has 0 saturated carbocycles. The lowest BCUT2D eigenvalue weighted by molar-refractivity contribution is 0.0697. The molecule has 0 aliphatic carbocycles. The molecule has 0 aliphatic heterocycles. The largest absolute Gasteiger partial charge is 0.478 e. The van der Waals surface area contributed by atoms with Gasteiger partial charge in [-0.1, -0.05) is 0 Å². The first-order chi connectivity index (χ1) is 8.49. The molecule has 94 valence electrons. The molecule has 1 heterocycles. The van der Waals surface area contributed by atoms with E-state index >= 15 is 0 Å². The second-order valence-electron chi connectivity index (χ2n) is 4.31. The summed E-state index contributed by atoms with van der Waals surface area (Å²) in [6.45, 7) is 3.81. The van der Waals surface area contributed by atoms with Gasteiger partial charge in [-0.05, 0) is 26.0 Å². The van der Waals surface area contributed by atoms with E-state index in [4.69, 9.17) is 5.11 Å². The number of benzene rings is 1. The molecule has 0 radical (unpaired) electrons. The maximum absolute atomic E-state index is 13.1. The van der Waals surface area contributed by atoms with Crippen LogP contribution in [0.4, 0.5) is 10.1 Å². The van der Waals surface area contributed by atoms with Crippen molar-refractivity contribution in [2.75, 3.05) is 5.32 Å². The molecule has 4 nitrogen and oxygen atoms in total. The van der Waals surface area contributed by atoms with E-state index in [9.17, 15) is 9.18 Å². The molecule has 5 heteroatoms. The van der Waals surface area contributed by atoms with Crippen LogP contribution < -0.4 is 5.32 Å². The SMILES string of the molecule is CC(C)Nc1c(C(=O)O)cnc2cc(F)ccc12. The smallest absolute Gasteiger partial charge is 0.339 e. The summed E-state index contributed by atoms with van der Waals surface area (Å²) in [6, 6.07) is 4.18. The Hall–Kier alpha value is -2.17. The number of nitrogens with one attached hydrogen (secondary N) is 1. The Morgan fingerprint density at radius 1 is 1.44 bits per heavy atom. The fourth-order valence-corrected chi connectivity index (χ4v) is 1.77. The molecular formula is C13H13FN2O2. The molecule has 0 unspecified atom stereocenters. The van der Waals surface area contributed by atoms with Crippen LogP contribution in [-0.2, 0) is 0 Å². The topological polar surface area (TPSA) is 62.2 Å². The molecule has 0 aliphatic rings. The van der Waals surface area contributed by atoms with Crippen LogP contribution in [0.15, 0.2) is 24.4 Å². The molecule has 0 amide bonds. The van der Waals surface area contributed by atoms with Crippen LogP contribution >= 0.6 is 0 Å². The van der Waals surface area contributed by atoms with E-state index in [1.165, 1.54) is 24.4 Å². The zero-order valence-corrected chi connectivity index (χ0v) is 10.1. The van der Waals surface area contributed by atoms with Gasteiger partial charge in [0, 0.05) is 23.7 Å². The minimum absolute atomic E-state index is 0.0683. The number of aromatic carboxylic acids is 1. The quantitative estimate of drug-likeness (QED) is 0.876. The van der Waals surface area contributed by atoms with E-state index < -0.39 is 11.8 Å². The number of pyridine rings is 1. The van der Waals surface area contributed by atoms with Gasteiger partial charge >= 0.3 is 5.97 Å². The second kappa shape index (κ2) is 4.60. The average Bonchev–Trinajstić information content (AvgIpc) is 2.27. The minimum Gasteiger partial charge on any atom is -0.478 e. The van der Waals surface area contributed by atoms with E-state index in [2.05, 4.69) is 10.3 Å². The van der Waals surface area contributed by atoms with Crippen LogP contribution in [0.5, 0.6) is 0 Å². The summed E-state index contributed by atoms with van der Waals surface area (Å²) in [4.78, 5) is 15.1. The number of carbonyl (C=O) groups is 1. The van der Waals surface area contributed by atoms with Crippen LogP contribution in [0, 0.1) is 5.82 Å². The van der Waals surface area contributed by atoms with Crippen molar-refractivity contribution in [1.29, 1.82) is 0 Å². The van der Waals surface area contributed by atoms with Gasteiger partial charge in [-0.25, -0.2) is 9.18 Å². The number of fused-ring (bicyclic) bond motifs is 1. The predicted octanol–water partition coefficient (Wildman–Crippen LogP) is 2.89. The fraction of sp³-hybridized carbons (Fsp3) is 0.231. The van der Waals surface area contributed by atoms with Crippen molar-refractivity contribution in [1.82, 2.24) is 4.98 Å². The lowest BCUT2D eigenvalue weighted by Crippen LogP contribution is -2.14. The number of rotatable bonds is 3. The van der Waals surface area contributed by atoms with Crippen molar-refractivity contribution in [3.05, 3.63) is 35.8 Å². The van der Waals surface area contributed by atoms with Gasteiger partial charge < -0.3 is 10.4 Å². The van der Waals surface area contributed by atoms with Crippen LogP contribution in [0.25, 0.3) is 10.9 Å². The van der Waals surface area contributed by atoms with E-state index in [-0.39, 0.29) is 11.6 Å². The molecule has 18 heavy (non-hydrogen) atoms. The van der Waals surface area contributed by atoms with E-state index in [1.807, 2.05) is 13.8 Å². The lowest BCUT2D eigenvalue weighted by atomic mass is 10.1. The van der Waals surface area contributed by atoms with Gasteiger partial charge in [0.1, 0.15) is 11.4 Å². The first-order valence-corrected chi connectivity index (χ1v) is 5.57. The number of carboxylic acids is 1. The summed E-state index contributed by atoms with van der Waals surface area (Å²) in [5.74, 6) is -1.45. The Kier molecular flexibility index (Phi) is 3.14. The standard InChI is InChI=1S/C13H13FN2O2/c1-7(2)16-12-9-4-3-8(14)5-11(9)15-6-10(12)13(17)18/h3-7H,1-2H3,(H,15,16)(H,17,18). The van der Waals surface area contributed by atoms with Gasteiger partial charge in [-0.15, -0.1) is 0 Å². The average molecular weight is 248 g/mol. The highest BCUT2D eigenvalue weighted by Gasteiger charge is 2.15.